The number of hydrogen-bond acceptors (Lipinski definition) is 6. The molecule has 0 radical (unpaired) electrons. The van der Waals surface area contributed by atoms with Crippen molar-refractivity contribution in [3.8, 4) is 0 Å². The van der Waals surface area contributed by atoms with Crippen molar-refractivity contribution in [1.29, 1.82) is 0 Å². The fourth-order valence-electron chi connectivity index (χ4n) is 2.36. The highest BCUT2D eigenvalue weighted by Gasteiger charge is 2.27. The maximum Gasteiger partial charge on any atom is 0.299 e. The lowest BCUT2D eigenvalue weighted by Crippen LogP contribution is -2.29. The van der Waals surface area contributed by atoms with Gasteiger partial charge in [0.05, 0.1) is 15.9 Å². The molecule has 0 N–H and O–H groups in total. The SMILES string of the molecule is [N-]=[N+]=Nc1cc(N2CCCCC2)c([N+](=O)[O-])cc1[N+](=O)[O-]. The number of piperidine rings is 1. The number of azide groups is 1. The van der Waals surface area contributed by atoms with Crippen LogP contribution in [0, 0.1) is 20.2 Å². The van der Waals surface area contributed by atoms with Gasteiger partial charge in [0, 0.05) is 18.0 Å². The van der Waals surface area contributed by atoms with Crippen LogP contribution in [0.5, 0.6) is 0 Å². The van der Waals surface area contributed by atoms with Gasteiger partial charge >= 0.3 is 0 Å². The molecule has 0 spiro atoms. The Bertz CT molecular complexity index is 634. The van der Waals surface area contributed by atoms with Gasteiger partial charge in [0.2, 0.25) is 0 Å². The second-order valence-electron chi connectivity index (χ2n) is 4.58. The zero-order valence-electron chi connectivity index (χ0n) is 11.0. The summed E-state index contributed by atoms with van der Waals surface area (Å²) in [5, 5.41) is 25.4. The summed E-state index contributed by atoms with van der Waals surface area (Å²) in [5.74, 6) is 0. The highest BCUT2D eigenvalue weighted by molar-refractivity contribution is 5.75. The quantitative estimate of drug-likeness (QED) is 0.275. The first-order valence-corrected chi connectivity index (χ1v) is 6.31. The zero-order valence-corrected chi connectivity index (χ0v) is 11.0. The van der Waals surface area contributed by atoms with Gasteiger partial charge in [0.15, 0.2) is 0 Å². The van der Waals surface area contributed by atoms with E-state index in [-0.39, 0.29) is 17.1 Å². The molecule has 21 heavy (non-hydrogen) atoms. The van der Waals surface area contributed by atoms with Gasteiger partial charge < -0.3 is 4.90 Å². The number of anilines is 1. The minimum Gasteiger partial charge on any atom is -0.366 e. The van der Waals surface area contributed by atoms with Crippen molar-refractivity contribution in [2.75, 3.05) is 18.0 Å². The maximum atomic E-state index is 11.2. The number of benzene rings is 1. The largest absolute Gasteiger partial charge is 0.366 e. The molecule has 1 aliphatic heterocycles. The number of nitro benzene ring substituents is 2. The minimum atomic E-state index is -0.795. The third kappa shape index (κ3) is 3.00. The fraction of sp³-hybridized carbons (Fsp3) is 0.455. The van der Waals surface area contributed by atoms with Crippen molar-refractivity contribution in [2.45, 2.75) is 19.3 Å². The predicted molar refractivity (Wildman–Crippen MR) is 74.6 cm³/mol. The van der Waals surface area contributed by atoms with Crippen molar-refractivity contribution >= 4 is 22.7 Å². The van der Waals surface area contributed by atoms with Crippen LogP contribution in [-0.4, -0.2) is 22.9 Å². The molecule has 1 saturated heterocycles. The van der Waals surface area contributed by atoms with Gasteiger partial charge in [-0.05, 0) is 30.9 Å². The van der Waals surface area contributed by atoms with E-state index in [1.807, 2.05) is 0 Å². The Labute approximate surface area is 118 Å². The van der Waals surface area contributed by atoms with Crippen LogP contribution in [-0.2, 0) is 0 Å². The molecule has 0 bridgehead atoms. The topological polar surface area (TPSA) is 138 Å². The van der Waals surface area contributed by atoms with Gasteiger partial charge in [0.25, 0.3) is 11.4 Å². The normalized spacial score (nSPS) is 14.4. The van der Waals surface area contributed by atoms with Gasteiger partial charge in [0.1, 0.15) is 11.4 Å². The van der Waals surface area contributed by atoms with Gasteiger partial charge in [-0.3, -0.25) is 20.2 Å². The Morgan fingerprint density at radius 2 is 1.71 bits per heavy atom. The summed E-state index contributed by atoms with van der Waals surface area (Å²) in [5.41, 5.74) is 7.62. The van der Waals surface area contributed by atoms with E-state index >= 15 is 0 Å². The smallest absolute Gasteiger partial charge is 0.299 e. The van der Waals surface area contributed by atoms with Crippen LogP contribution in [0.1, 0.15) is 19.3 Å². The highest BCUT2D eigenvalue weighted by Crippen LogP contribution is 2.40. The lowest BCUT2D eigenvalue weighted by Gasteiger charge is -2.28. The molecule has 1 aliphatic rings. The van der Waals surface area contributed by atoms with E-state index in [9.17, 15) is 20.2 Å². The average Bonchev–Trinajstić information content (AvgIpc) is 2.47. The Kier molecular flexibility index (Phi) is 4.19. The first-order valence-electron chi connectivity index (χ1n) is 6.31. The van der Waals surface area contributed by atoms with E-state index < -0.39 is 15.5 Å². The lowest BCUT2D eigenvalue weighted by atomic mass is 10.1. The van der Waals surface area contributed by atoms with Crippen molar-refractivity contribution < 1.29 is 9.85 Å². The fourth-order valence-corrected chi connectivity index (χ4v) is 2.36. The van der Waals surface area contributed by atoms with Crippen LogP contribution in [0.4, 0.5) is 22.7 Å². The molecule has 0 unspecified atom stereocenters. The molecule has 2 rings (SSSR count). The standard InChI is InChI=1S/C11H12N6O4/c12-14-13-8-6-10(15-4-2-1-3-5-15)11(17(20)21)7-9(8)16(18)19/h6-7H,1-5H2. The van der Waals surface area contributed by atoms with E-state index in [4.69, 9.17) is 5.53 Å². The summed E-state index contributed by atoms with van der Waals surface area (Å²) >= 11 is 0. The van der Waals surface area contributed by atoms with Crippen molar-refractivity contribution in [3.63, 3.8) is 0 Å². The Hall–Kier alpha value is -2.87. The summed E-state index contributed by atoms with van der Waals surface area (Å²) in [7, 11) is 0. The molecule has 110 valence electrons. The van der Waals surface area contributed by atoms with Gasteiger partial charge in [-0.1, -0.05) is 5.11 Å². The molecular formula is C11H12N6O4. The van der Waals surface area contributed by atoms with Crippen molar-refractivity contribution in [2.24, 2.45) is 5.11 Å². The van der Waals surface area contributed by atoms with E-state index in [0.717, 1.165) is 25.3 Å². The van der Waals surface area contributed by atoms with Gasteiger partial charge in [-0.25, -0.2) is 0 Å². The average molecular weight is 292 g/mol. The van der Waals surface area contributed by atoms with Crippen LogP contribution >= 0.6 is 0 Å². The highest BCUT2D eigenvalue weighted by atomic mass is 16.6. The third-order valence-corrected chi connectivity index (χ3v) is 3.31. The van der Waals surface area contributed by atoms with Crippen LogP contribution in [0.3, 0.4) is 0 Å². The summed E-state index contributed by atoms with van der Waals surface area (Å²) < 4.78 is 0. The minimum absolute atomic E-state index is 0.214. The maximum absolute atomic E-state index is 11.2. The van der Waals surface area contributed by atoms with Crippen LogP contribution in [0.25, 0.3) is 10.4 Å². The van der Waals surface area contributed by atoms with E-state index in [0.29, 0.717) is 13.1 Å². The van der Waals surface area contributed by atoms with Crippen molar-refractivity contribution in [3.05, 3.63) is 42.8 Å². The molecule has 1 fully saturated rings. The summed E-state index contributed by atoms with van der Waals surface area (Å²) in [6.45, 7) is 1.27. The second-order valence-corrected chi connectivity index (χ2v) is 4.58. The summed E-state index contributed by atoms with van der Waals surface area (Å²) in [6.07, 6.45) is 2.83. The van der Waals surface area contributed by atoms with Crippen LogP contribution < -0.4 is 4.90 Å². The molecule has 10 nitrogen and oxygen atoms in total. The Morgan fingerprint density at radius 1 is 1.10 bits per heavy atom. The number of rotatable bonds is 4. The van der Waals surface area contributed by atoms with Gasteiger partial charge in [-0.2, -0.15) is 0 Å². The van der Waals surface area contributed by atoms with E-state index in [1.54, 1.807) is 4.90 Å². The van der Waals surface area contributed by atoms with Crippen LogP contribution in [0.15, 0.2) is 17.2 Å². The number of nitrogens with zero attached hydrogens (tertiary/aromatic N) is 6. The molecule has 0 amide bonds. The Morgan fingerprint density at radius 3 is 2.24 bits per heavy atom. The second kappa shape index (κ2) is 6.06. The molecule has 1 heterocycles. The number of hydrogen-bond donors (Lipinski definition) is 0. The summed E-state index contributed by atoms with van der Waals surface area (Å²) in [4.78, 5) is 25.0. The first-order chi connectivity index (χ1) is 10.0. The number of nitro groups is 2. The summed E-state index contributed by atoms with van der Waals surface area (Å²) in [6, 6.07) is 2.08. The van der Waals surface area contributed by atoms with Crippen molar-refractivity contribution in [1.82, 2.24) is 0 Å². The monoisotopic (exact) mass is 292 g/mol. The van der Waals surface area contributed by atoms with E-state index in [2.05, 4.69) is 10.0 Å². The molecule has 1 aromatic rings. The molecule has 0 aliphatic carbocycles. The van der Waals surface area contributed by atoms with Crippen LogP contribution in [0.2, 0.25) is 0 Å². The molecule has 1 aromatic carbocycles. The Balaban J connectivity index is 2.60. The van der Waals surface area contributed by atoms with Gasteiger partial charge in [-0.15, -0.1) is 0 Å². The third-order valence-electron chi connectivity index (χ3n) is 3.31. The van der Waals surface area contributed by atoms with E-state index in [1.165, 1.54) is 6.07 Å². The molecule has 0 saturated carbocycles. The molecule has 0 aromatic heterocycles. The first kappa shape index (κ1) is 14.5. The zero-order chi connectivity index (χ0) is 15.4. The predicted octanol–water partition coefficient (Wildman–Crippen LogP) is 3.44. The molecular weight excluding hydrogens is 280 g/mol. The molecule has 10 heteroatoms. The molecule has 0 atom stereocenters. The lowest BCUT2D eigenvalue weighted by molar-refractivity contribution is -0.393.